The number of alkyl halides is 1. The highest BCUT2D eigenvalue weighted by Gasteiger charge is 2.31. The van der Waals surface area contributed by atoms with Gasteiger partial charge in [0.1, 0.15) is 5.69 Å². The van der Waals surface area contributed by atoms with Crippen molar-refractivity contribution < 1.29 is 4.79 Å². The van der Waals surface area contributed by atoms with Crippen LogP contribution < -0.4 is 4.90 Å². The smallest absolute Gasteiger partial charge is 0.229 e. The van der Waals surface area contributed by atoms with Gasteiger partial charge in [0, 0.05) is 30.4 Å². The van der Waals surface area contributed by atoms with E-state index in [9.17, 15) is 4.79 Å². The Morgan fingerprint density at radius 2 is 2.32 bits per heavy atom. The third-order valence-electron chi connectivity index (χ3n) is 3.07. The number of thiazole rings is 1. The fraction of sp³-hybridized carbons (Fsp3) is 0.308. The molecule has 3 rings (SSSR count). The van der Waals surface area contributed by atoms with E-state index in [4.69, 9.17) is 11.6 Å². The van der Waals surface area contributed by atoms with Crippen molar-refractivity contribution in [1.29, 1.82) is 0 Å². The Balaban J connectivity index is 1.84. The lowest BCUT2D eigenvalue weighted by atomic mass is 10.2. The zero-order valence-corrected chi connectivity index (χ0v) is 11.7. The maximum absolute atomic E-state index is 11.9. The summed E-state index contributed by atoms with van der Waals surface area (Å²) < 4.78 is 0. The number of carbonyl (C=O) groups is 1. The van der Waals surface area contributed by atoms with Crippen LogP contribution in [0.15, 0.2) is 29.8 Å². The van der Waals surface area contributed by atoms with E-state index in [0.717, 1.165) is 16.5 Å². The first kappa shape index (κ1) is 12.6. The fourth-order valence-electron chi connectivity index (χ4n) is 2.09. The molecule has 1 fully saturated rings. The summed E-state index contributed by atoms with van der Waals surface area (Å²) in [6, 6.07) is 5.70. The molecule has 1 saturated heterocycles. The van der Waals surface area contributed by atoms with Gasteiger partial charge < -0.3 is 0 Å². The van der Waals surface area contributed by atoms with Crippen LogP contribution in [0.3, 0.4) is 0 Å². The van der Waals surface area contributed by atoms with Crippen LogP contribution in [0.4, 0.5) is 5.13 Å². The molecule has 0 aliphatic carbocycles. The summed E-state index contributed by atoms with van der Waals surface area (Å²) >= 11 is 7.29. The molecular weight excluding hydrogens is 282 g/mol. The van der Waals surface area contributed by atoms with Gasteiger partial charge in [0.05, 0.1) is 5.69 Å². The van der Waals surface area contributed by atoms with Gasteiger partial charge >= 0.3 is 0 Å². The minimum absolute atomic E-state index is 0.104. The summed E-state index contributed by atoms with van der Waals surface area (Å²) in [7, 11) is 0. The van der Waals surface area contributed by atoms with Gasteiger partial charge in [-0.1, -0.05) is 6.07 Å². The topological polar surface area (TPSA) is 46.1 Å². The van der Waals surface area contributed by atoms with Crippen molar-refractivity contribution in [2.75, 3.05) is 17.3 Å². The number of halogens is 1. The molecule has 98 valence electrons. The van der Waals surface area contributed by atoms with E-state index >= 15 is 0 Å². The lowest BCUT2D eigenvalue weighted by Gasteiger charge is -2.11. The molecule has 1 aliphatic heterocycles. The molecule has 6 heteroatoms. The number of pyridine rings is 1. The lowest BCUT2D eigenvalue weighted by Crippen LogP contribution is -2.24. The van der Waals surface area contributed by atoms with Gasteiger partial charge in [-0.15, -0.1) is 22.9 Å². The van der Waals surface area contributed by atoms with E-state index in [1.54, 1.807) is 11.1 Å². The van der Waals surface area contributed by atoms with Crippen molar-refractivity contribution in [3.63, 3.8) is 0 Å². The van der Waals surface area contributed by atoms with E-state index in [0.29, 0.717) is 18.8 Å². The minimum Gasteiger partial charge on any atom is -0.288 e. The number of nitrogens with zero attached hydrogens (tertiary/aromatic N) is 3. The molecule has 3 heterocycles. The number of hydrogen-bond donors (Lipinski definition) is 0. The van der Waals surface area contributed by atoms with Gasteiger partial charge in [0.2, 0.25) is 5.91 Å². The summed E-state index contributed by atoms with van der Waals surface area (Å²) in [6.07, 6.45) is 2.25. The predicted octanol–water partition coefficient (Wildman–Crippen LogP) is 2.80. The van der Waals surface area contributed by atoms with Gasteiger partial charge in [0.25, 0.3) is 0 Å². The van der Waals surface area contributed by atoms with Gasteiger partial charge in [-0.05, 0) is 18.1 Å². The Hall–Kier alpha value is -1.46. The van der Waals surface area contributed by atoms with Gasteiger partial charge in [0.15, 0.2) is 5.13 Å². The summed E-state index contributed by atoms with van der Waals surface area (Å²) in [6.45, 7) is 0.664. The number of anilines is 1. The second kappa shape index (κ2) is 5.27. The van der Waals surface area contributed by atoms with Crippen molar-refractivity contribution in [3.8, 4) is 11.4 Å². The average molecular weight is 294 g/mol. The van der Waals surface area contributed by atoms with Crippen LogP contribution in [-0.2, 0) is 4.79 Å². The maximum Gasteiger partial charge on any atom is 0.229 e. The van der Waals surface area contributed by atoms with E-state index in [-0.39, 0.29) is 11.8 Å². The Bertz CT molecular complexity index is 587. The third kappa shape index (κ3) is 2.48. The molecule has 1 aliphatic rings. The second-order valence-electron chi connectivity index (χ2n) is 4.46. The Morgan fingerprint density at radius 3 is 3.00 bits per heavy atom. The molecule has 0 radical (unpaired) electrons. The molecular formula is C13H12ClN3OS. The van der Waals surface area contributed by atoms with Crippen molar-refractivity contribution in [1.82, 2.24) is 9.97 Å². The summed E-state index contributed by atoms with van der Waals surface area (Å²) in [5.74, 6) is 0.852. The van der Waals surface area contributed by atoms with E-state index in [2.05, 4.69) is 9.97 Å². The SMILES string of the molecule is O=C1CC(CCl)CN1c1nc(-c2ccccn2)cs1. The molecule has 4 nitrogen and oxygen atoms in total. The predicted molar refractivity (Wildman–Crippen MR) is 76.5 cm³/mol. The Morgan fingerprint density at radius 1 is 1.42 bits per heavy atom. The van der Waals surface area contributed by atoms with E-state index in [1.165, 1.54) is 11.3 Å². The number of rotatable bonds is 3. The largest absolute Gasteiger partial charge is 0.288 e. The van der Waals surface area contributed by atoms with Crippen molar-refractivity contribution in [2.24, 2.45) is 5.92 Å². The zero-order valence-electron chi connectivity index (χ0n) is 10.1. The van der Waals surface area contributed by atoms with Gasteiger partial charge in [-0.25, -0.2) is 4.98 Å². The molecule has 19 heavy (non-hydrogen) atoms. The molecule has 0 aromatic carbocycles. The molecule has 0 bridgehead atoms. The highest BCUT2D eigenvalue weighted by Crippen LogP contribution is 2.31. The molecule has 1 atom stereocenters. The van der Waals surface area contributed by atoms with Crippen LogP contribution in [0, 0.1) is 5.92 Å². The molecule has 1 amide bonds. The molecule has 0 saturated carbocycles. The standard InChI is InChI=1S/C13H12ClN3OS/c14-6-9-5-12(18)17(7-9)13-16-11(8-19-13)10-3-1-2-4-15-10/h1-4,8-9H,5-7H2. The van der Waals surface area contributed by atoms with Gasteiger partial charge in [-0.3, -0.25) is 14.7 Å². The summed E-state index contributed by atoms with van der Waals surface area (Å²) in [4.78, 5) is 22.4. The van der Waals surface area contributed by atoms with E-state index < -0.39 is 0 Å². The molecule has 0 N–H and O–H groups in total. The summed E-state index contributed by atoms with van der Waals surface area (Å²) in [5, 5.41) is 2.66. The Labute approximate surface area is 120 Å². The van der Waals surface area contributed by atoms with Crippen molar-refractivity contribution in [3.05, 3.63) is 29.8 Å². The van der Waals surface area contributed by atoms with Crippen LogP contribution in [-0.4, -0.2) is 28.3 Å². The quantitative estimate of drug-likeness (QED) is 0.818. The zero-order chi connectivity index (χ0) is 13.2. The van der Waals surface area contributed by atoms with Gasteiger partial charge in [-0.2, -0.15) is 0 Å². The maximum atomic E-state index is 11.9. The molecule has 0 spiro atoms. The minimum atomic E-state index is 0.104. The second-order valence-corrected chi connectivity index (χ2v) is 5.60. The summed E-state index contributed by atoms with van der Waals surface area (Å²) in [5.41, 5.74) is 1.63. The Kier molecular flexibility index (Phi) is 3.48. The van der Waals surface area contributed by atoms with Crippen LogP contribution in [0.5, 0.6) is 0 Å². The number of aromatic nitrogens is 2. The van der Waals surface area contributed by atoms with Crippen LogP contribution in [0.2, 0.25) is 0 Å². The fourth-order valence-corrected chi connectivity index (χ4v) is 3.14. The van der Waals surface area contributed by atoms with Crippen LogP contribution >= 0.6 is 22.9 Å². The van der Waals surface area contributed by atoms with Crippen LogP contribution in [0.1, 0.15) is 6.42 Å². The number of carbonyl (C=O) groups excluding carboxylic acids is 1. The average Bonchev–Trinajstić information content (AvgIpc) is 3.06. The third-order valence-corrected chi connectivity index (χ3v) is 4.37. The van der Waals surface area contributed by atoms with Crippen molar-refractivity contribution >= 4 is 34.0 Å². The van der Waals surface area contributed by atoms with E-state index in [1.807, 2.05) is 23.6 Å². The highest BCUT2D eigenvalue weighted by atomic mass is 35.5. The first-order valence-electron chi connectivity index (χ1n) is 6.01. The first-order chi connectivity index (χ1) is 9.28. The van der Waals surface area contributed by atoms with Crippen molar-refractivity contribution in [2.45, 2.75) is 6.42 Å². The molecule has 2 aromatic heterocycles. The first-order valence-corrected chi connectivity index (χ1v) is 7.42. The number of amides is 1. The lowest BCUT2D eigenvalue weighted by molar-refractivity contribution is -0.117. The number of hydrogen-bond acceptors (Lipinski definition) is 4. The normalized spacial score (nSPS) is 19.1. The molecule has 2 aromatic rings. The molecule has 1 unspecified atom stereocenters. The van der Waals surface area contributed by atoms with Crippen LogP contribution in [0.25, 0.3) is 11.4 Å². The highest BCUT2D eigenvalue weighted by molar-refractivity contribution is 7.14. The monoisotopic (exact) mass is 293 g/mol.